The van der Waals surface area contributed by atoms with Crippen molar-refractivity contribution in [3.8, 4) is 78.7 Å². The zero-order valence-corrected chi connectivity index (χ0v) is 32.8. The van der Waals surface area contributed by atoms with E-state index in [4.69, 9.17) is 15.0 Å². The van der Waals surface area contributed by atoms with E-state index in [0.29, 0.717) is 17.5 Å². The smallest absolute Gasteiger partial charge is 0.164 e. The van der Waals surface area contributed by atoms with Crippen molar-refractivity contribution in [2.24, 2.45) is 0 Å². The molecule has 11 aromatic rings. The topological polar surface area (TPSA) is 38.7 Å². The number of rotatable bonds is 7. The predicted molar refractivity (Wildman–Crippen MR) is 248 cm³/mol. The van der Waals surface area contributed by atoms with Crippen molar-refractivity contribution in [2.45, 2.75) is 0 Å². The third-order valence-corrected chi connectivity index (χ3v) is 12.4. The second-order valence-corrected chi connectivity index (χ2v) is 15.8. The lowest BCUT2D eigenvalue weighted by atomic mass is 9.96. The molecular weight excluding hydrogens is 735 g/mol. The van der Waals surface area contributed by atoms with Gasteiger partial charge in [0.25, 0.3) is 0 Å². The molecule has 0 unspecified atom stereocenters. The Morgan fingerprint density at radius 3 is 1.58 bits per heavy atom. The van der Waals surface area contributed by atoms with Crippen LogP contribution < -0.4 is 0 Å². The number of hydrogen-bond donors (Lipinski definition) is 0. The monoisotopic (exact) mass is 769 g/mol. The molecule has 0 aliphatic rings. The predicted octanol–water partition coefficient (Wildman–Crippen LogP) is 15.1. The number of hydrogen-bond acceptors (Lipinski definition) is 4. The van der Waals surface area contributed by atoms with Gasteiger partial charge in [-0.15, -0.1) is 11.3 Å². The fourth-order valence-corrected chi connectivity index (χ4v) is 9.50. The second kappa shape index (κ2) is 14.8. The lowest BCUT2D eigenvalue weighted by Crippen LogP contribution is -2.00. The van der Waals surface area contributed by atoms with Gasteiger partial charge in [-0.25, -0.2) is 15.0 Å². The Balaban J connectivity index is 1.09. The highest BCUT2D eigenvalue weighted by molar-refractivity contribution is 7.26. The van der Waals surface area contributed by atoms with Gasteiger partial charge in [-0.05, 0) is 73.5 Å². The molecule has 0 aliphatic heterocycles. The van der Waals surface area contributed by atoms with Crippen LogP contribution in [-0.4, -0.2) is 15.0 Å². The fourth-order valence-electron chi connectivity index (χ4n) is 8.24. The summed E-state index contributed by atoms with van der Waals surface area (Å²) in [4.78, 5) is 15.8. The summed E-state index contributed by atoms with van der Waals surface area (Å²) >= 11 is 1.82. The molecule has 0 aliphatic carbocycles. The third kappa shape index (κ3) is 6.46. The van der Waals surface area contributed by atoms with Crippen LogP contribution in [0.1, 0.15) is 0 Å². The third-order valence-electron chi connectivity index (χ3n) is 11.2. The van der Waals surface area contributed by atoms with Crippen LogP contribution in [0.2, 0.25) is 0 Å². The van der Waals surface area contributed by atoms with Crippen LogP contribution in [0.3, 0.4) is 0 Å². The maximum absolute atomic E-state index is 5.32. The summed E-state index contributed by atoms with van der Waals surface area (Å²) in [5, 5.41) is 4.67. The molecule has 2 heterocycles. The van der Waals surface area contributed by atoms with Crippen molar-refractivity contribution in [2.75, 3.05) is 0 Å². The molecule has 0 fully saturated rings. The van der Waals surface area contributed by atoms with Crippen LogP contribution >= 0.6 is 11.3 Å². The van der Waals surface area contributed by atoms with E-state index >= 15 is 0 Å². The van der Waals surface area contributed by atoms with Gasteiger partial charge in [0.15, 0.2) is 17.5 Å². The maximum atomic E-state index is 5.32. The number of nitrogens with zero attached hydrogens (tertiary/aromatic N) is 3. The van der Waals surface area contributed by atoms with E-state index in [1.807, 2.05) is 17.4 Å². The van der Waals surface area contributed by atoms with E-state index in [1.54, 1.807) is 0 Å². The average molecular weight is 770 g/mol. The van der Waals surface area contributed by atoms with E-state index in [-0.39, 0.29) is 0 Å². The lowest BCUT2D eigenvalue weighted by molar-refractivity contribution is 1.08. The molecule has 2 aromatic heterocycles. The van der Waals surface area contributed by atoms with Gasteiger partial charge in [-0.1, -0.05) is 194 Å². The first-order valence-corrected chi connectivity index (χ1v) is 20.7. The largest absolute Gasteiger partial charge is 0.208 e. The van der Waals surface area contributed by atoms with Crippen LogP contribution in [0.15, 0.2) is 212 Å². The van der Waals surface area contributed by atoms with E-state index in [2.05, 4.69) is 206 Å². The molecule has 0 amide bonds. The first kappa shape index (κ1) is 34.7. The first-order chi connectivity index (χ1) is 29.2. The molecule has 11 rings (SSSR count). The summed E-state index contributed by atoms with van der Waals surface area (Å²) in [5.74, 6) is 1.92. The summed E-state index contributed by atoms with van der Waals surface area (Å²) in [5.41, 5.74) is 12.3. The van der Waals surface area contributed by atoms with Crippen molar-refractivity contribution < 1.29 is 0 Å². The van der Waals surface area contributed by atoms with Gasteiger partial charge in [0.1, 0.15) is 0 Å². The van der Waals surface area contributed by atoms with Crippen molar-refractivity contribution in [3.63, 3.8) is 0 Å². The molecule has 3 nitrogen and oxygen atoms in total. The molecule has 59 heavy (non-hydrogen) atoms. The first-order valence-electron chi connectivity index (χ1n) is 19.8. The molecule has 0 bridgehead atoms. The number of thiophene rings is 1. The van der Waals surface area contributed by atoms with Gasteiger partial charge in [-0.3, -0.25) is 0 Å². The highest BCUT2D eigenvalue weighted by Crippen LogP contribution is 2.44. The van der Waals surface area contributed by atoms with Crippen LogP contribution in [-0.2, 0) is 0 Å². The molecule has 276 valence electrons. The number of benzene rings is 9. The molecular formula is C55H35N3S. The van der Waals surface area contributed by atoms with Gasteiger partial charge in [0.2, 0.25) is 0 Å². The number of fused-ring (bicyclic) bond motifs is 4. The zero-order chi connectivity index (χ0) is 39.1. The standard InChI is InChI=1S/C55H35N3S/c1-4-14-36(15-5-1)38-28-31-41(32-29-38)53-56-54(44-33-30-40-20-11-23-45(49(40)35-44)39-18-8-3-9-19-39)58-55(57-53)48-26-13-27-50-51(48)47-25-12-24-46(52(47)59-50)43-22-10-21-42(34-43)37-16-6-2-7-17-37/h1-35H. The highest BCUT2D eigenvalue weighted by Gasteiger charge is 2.19. The van der Waals surface area contributed by atoms with Crippen LogP contribution in [0.25, 0.3) is 110 Å². The van der Waals surface area contributed by atoms with Crippen molar-refractivity contribution in [1.29, 1.82) is 0 Å². The molecule has 0 spiro atoms. The minimum absolute atomic E-state index is 0.635. The van der Waals surface area contributed by atoms with Gasteiger partial charge >= 0.3 is 0 Å². The lowest BCUT2D eigenvalue weighted by Gasteiger charge is -2.12. The van der Waals surface area contributed by atoms with E-state index < -0.39 is 0 Å². The molecule has 0 N–H and O–H groups in total. The summed E-state index contributed by atoms with van der Waals surface area (Å²) in [6, 6.07) is 75.2. The summed E-state index contributed by atoms with van der Waals surface area (Å²) in [6.45, 7) is 0. The Hall–Kier alpha value is -7.53. The van der Waals surface area contributed by atoms with Crippen LogP contribution in [0.4, 0.5) is 0 Å². The van der Waals surface area contributed by atoms with Crippen LogP contribution in [0, 0.1) is 0 Å². The second-order valence-electron chi connectivity index (χ2n) is 14.8. The highest BCUT2D eigenvalue weighted by atomic mass is 32.1. The van der Waals surface area contributed by atoms with Crippen molar-refractivity contribution in [1.82, 2.24) is 15.0 Å². The summed E-state index contributed by atoms with van der Waals surface area (Å²) in [7, 11) is 0. The van der Waals surface area contributed by atoms with Gasteiger partial charge < -0.3 is 0 Å². The normalized spacial score (nSPS) is 11.4. The maximum Gasteiger partial charge on any atom is 0.164 e. The fraction of sp³-hybridized carbons (Fsp3) is 0. The van der Waals surface area contributed by atoms with E-state index in [9.17, 15) is 0 Å². The van der Waals surface area contributed by atoms with E-state index in [0.717, 1.165) is 33.0 Å². The Kier molecular flexibility index (Phi) is 8.68. The molecule has 0 saturated heterocycles. The average Bonchev–Trinajstić information content (AvgIpc) is 3.71. The van der Waals surface area contributed by atoms with Gasteiger partial charge in [0.05, 0.1) is 0 Å². The SMILES string of the molecule is c1ccc(-c2ccc(-c3nc(-c4ccc5cccc(-c6ccccc6)c5c4)nc(-c4cccc5sc6c(-c7cccc(-c8ccccc8)c7)cccc6c45)n3)cc2)cc1. The Morgan fingerprint density at radius 2 is 0.814 bits per heavy atom. The quantitative estimate of drug-likeness (QED) is 0.162. The van der Waals surface area contributed by atoms with Gasteiger partial charge in [0, 0.05) is 36.9 Å². The minimum atomic E-state index is 0.635. The summed E-state index contributed by atoms with van der Waals surface area (Å²) < 4.78 is 2.44. The van der Waals surface area contributed by atoms with Crippen molar-refractivity contribution in [3.05, 3.63) is 212 Å². The van der Waals surface area contributed by atoms with Crippen LogP contribution in [0.5, 0.6) is 0 Å². The molecule has 0 radical (unpaired) electrons. The Labute approximate surface area is 346 Å². The Morgan fingerprint density at radius 1 is 0.288 bits per heavy atom. The molecule has 4 heteroatoms. The van der Waals surface area contributed by atoms with E-state index in [1.165, 1.54) is 59.1 Å². The zero-order valence-electron chi connectivity index (χ0n) is 32.0. The van der Waals surface area contributed by atoms with Crippen molar-refractivity contribution >= 4 is 42.3 Å². The minimum Gasteiger partial charge on any atom is -0.208 e. The Bertz CT molecular complexity index is 3300. The number of aromatic nitrogens is 3. The van der Waals surface area contributed by atoms with Gasteiger partial charge in [-0.2, -0.15) is 0 Å². The molecule has 0 saturated carbocycles. The molecule has 9 aromatic carbocycles. The summed E-state index contributed by atoms with van der Waals surface area (Å²) in [6.07, 6.45) is 0. The molecule has 0 atom stereocenters.